The van der Waals surface area contributed by atoms with E-state index in [0.717, 1.165) is 17.1 Å². The lowest BCUT2D eigenvalue weighted by molar-refractivity contribution is 0.563. The molecular formula is C69H47N. The molecule has 70 heavy (non-hydrogen) atoms. The van der Waals surface area contributed by atoms with Crippen LogP contribution in [0, 0.1) is 0 Å². The topological polar surface area (TPSA) is 3.24 Å². The molecule has 4 aliphatic carbocycles. The van der Waals surface area contributed by atoms with Crippen LogP contribution in [0.15, 0.2) is 249 Å². The van der Waals surface area contributed by atoms with E-state index < -0.39 is 5.41 Å². The first kappa shape index (κ1) is 39.5. The number of benzene rings is 11. The second kappa shape index (κ2) is 14.3. The molecule has 0 saturated heterocycles. The van der Waals surface area contributed by atoms with Crippen molar-refractivity contribution in [3.8, 4) is 44.5 Å². The van der Waals surface area contributed by atoms with Crippen LogP contribution in [0.25, 0.3) is 55.3 Å². The smallest absolute Gasteiger partial charge is 0.0725 e. The van der Waals surface area contributed by atoms with Gasteiger partial charge in [-0.2, -0.15) is 0 Å². The van der Waals surface area contributed by atoms with Gasteiger partial charge in [0.1, 0.15) is 0 Å². The maximum Gasteiger partial charge on any atom is 0.0725 e. The summed E-state index contributed by atoms with van der Waals surface area (Å²) >= 11 is 0. The molecule has 0 atom stereocenters. The van der Waals surface area contributed by atoms with Crippen LogP contribution in [-0.4, -0.2) is 0 Å². The Morgan fingerprint density at radius 1 is 0.243 bits per heavy atom. The maximum absolute atomic E-state index is 2.51. The highest BCUT2D eigenvalue weighted by Crippen LogP contribution is 2.64. The van der Waals surface area contributed by atoms with Crippen molar-refractivity contribution in [2.75, 3.05) is 4.90 Å². The van der Waals surface area contributed by atoms with E-state index >= 15 is 0 Å². The third-order valence-corrected chi connectivity index (χ3v) is 16.7. The number of nitrogens with zero attached hydrogens (tertiary/aromatic N) is 1. The summed E-state index contributed by atoms with van der Waals surface area (Å²) in [5, 5.41) is 2.44. The molecule has 0 amide bonds. The van der Waals surface area contributed by atoms with Gasteiger partial charge in [0, 0.05) is 22.5 Å². The summed E-state index contributed by atoms with van der Waals surface area (Å²) < 4.78 is 0. The Morgan fingerprint density at radius 2 is 0.629 bits per heavy atom. The monoisotopic (exact) mass is 889 g/mol. The summed E-state index contributed by atoms with van der Waals surface area (Å²) in [6.45, 7) is 4.79. The predicted molar refractivity (Wildman–Crippen MR) is 290 cm³/mol. The van der Waals surface area contributed by atoms with Crippen molar-refractivity contribution in [1.82, 2.24) is 0 Å². The minimum Gasteiger partial charge on any atom is -0.310 e. The van der Waals surface area contributed by atoms with E-state index in [4.69, 9.17) is 0 Å². The molecule has 0 aromatic heterocycles. The fourth-order valence-electron chi connectivity index (χ4n) is 13.8. The third kappa shape index (κ3) is 5.01. The van der Waals surface area contributed by atoms with Gasteiger partial charge in [0.2, 0.25) is 0 Å². The summed E-state index contributed by atoms with van der Waals surface area (Å²) in [6.07, 6.45) is 0. The van der Waals surface area contributed by atoms with Gasteiger partial charge in [-0.15, -0.1) is 0 Å². The van der Waals surface area contributed by atoms with Gasteiger partial charge in [0.15, 0.2) is 0 Å². The van der Waals surface area contributed by atoms with E-state index in [2.05, 4.69) is 267 Å². The fraction of sp³-hybridized carbons (Fsp3) is 0.0725. The van der Waals surface area contributed by atoms with E-state index in [1.165, 1.54) is 111 Å². The molecule has 1 nitrogen and oxygen atoms in total. The van der Waals surface area contributed by atoms with E-state index in [-0.39, 0.29) is 10.8 Å². The van der Waals surface area contributed by atoms with Crippen LogP contribution in [0.2, 0.25) is 0 Å². The Hall–Kier alpha value is -8.52. The van der Waals surface area contributed by atoms with Gasteiger partial charge in [0.25, 0.3) is 0 Å². The molecule has 0 heterocycles. The molecule has 0 bridgehead atoms. The average Bonchev–Trinajstić information content (AvgIpc) is 4.02. The summed E-state index contributed by atoms with van der Waals surface area (Å²) in [6, 6.07) is 94.1. The predicted octanol–water partition coefficient (Wildman–Crippen LogP) is 17.3. The van der Waals surface area contributed by atoms with Crippen molar-refractivity contribution in [2.24, 2.45) is 0 Å². The van der Waals surface area contributed by atoms with Crippen molar-refractivity contribution >= 4 is 27.8 Å². The first-order valence-corrected chi connectivity index (χ1v) is 24.7. The molecule has 4 aliphatic rings. The zero-order chi connectivity index (χ0) is 46.3. The largest absolute Gasteiger partial charge is 0.310 e. The van der Waals surface area contributed by atoms with Gasteiger partial charge in [0.05, 0.1) is 10.8 Å². The van der Waals surface area contributed by atoms with Gasteiger partial charge in [-0.25, -0.2) is 0 Å². The fourth-order valence-corrected chi connectivity index (χ4v) is 13.8. The Bertz CT molecular complexity index is 3900. The van der Waals surface area contributed by atoms with Gasteiger partial charge < -0.3 is 4.90 Å². The lowest BCUT2D eigenvalue weighted by atomic mass is 9.55. The lowest BCUT2D eigenvalue weighted by Gasteiger charge is -2.46. The van der Waals surface area contributed by atoms with Crippen LogP contribution in [0.4, 0.5) is 17.1 Å². The second-order valence-corrected chi connectivity index (χ2v) is 20.3. The molecule has 15 rings (SSSR count). The van der Waals surface area contributed by atoms with E-state index in [9.17, 15) is 0 Å². The van der Waals surface area contributed by atoms with Crippen molar-refractivity contribution in [3.05, 3.63) is 304 Å². The van der Waals surface area contributed by atoms with Crippen LogP contribution in [-0.2, 0) is 16.2 Å². The molecule has 328 valence electrons. The molecular weight excluding hydrogens is 843 g/mol. The molecule has 0 saturated carbocycles. The van der Waals surface area contributed by atoms with Crippen molar-refractivity contribution in [2.45, 2.75) is 30.1 Å². The highest BCUT2D eigenvalue weighted by Gasteiger charge is 2.54. The summed E-state index contributed by atoms with van der Waals surface area (Å²) in [5.41, 5.74) is 26.3. The molecule has 0 aliphatic heterocycles. The van der Waals surface area contributed by atoms with Crippen LogP contribution < -0.4 is 4.90 Å². The molecule has 0 N–H and O–H groups in total. The van der Waals surface area contributed by atoms with E-state index in [0.29, 0.717) is 0 Å². The van der Waals surface area contributed by atoms with Gasteiger partial charge >= 0.3 is 0 Å². The van der Waals surface area contributed by atoms with Crippen LogP contribution in [0.1, 0.15) is 69.5 Å². The Labute approximate surface area is 409 Å². The number of rotatable bonds is 4. The summed E-state index contributed by atoms with van der Waals surface area (Å²) in [7, 11) is 0. The first-order valence-electron chi connectivity index (χ1n) is 24.7. The molecule has 2 spiro atoms. The highest BCUT2D eigenvalue weighted by atomic mass is 15.1. The van der Waals surface area contributed by atoms with Crippen molar-refractivity contribution in [1.29, 1.82) is 0 Å². The molecule has 0 fully saturated rings. The molecule has 1 heteroatoms. The number of fused-ring (bicyclic) bond motifs is 20. The zero-order valence-electron chi connectivity index (χ0n) is 39.1. The minimum atomic E-state index is -0.489. The average molecular weight is 890 g/mol. The van der Waals surface area contributed by atoms with Gasteiger partial charge in [-0.05, 0) is 153 Å². The lowest BCUT2D eigenvalue weighted by Crippen LogP contribution is -2.40. The van der Waals surface area contributed by atoms with E-state index in [1.807, 2.05) is 0 Å². The maximum atomic E-state index is 2.51. The summed E-state index contributed by atoms with van der Waals surface area (Å²) in [5.74, 6) is 0. The number of anilines is 3. The summed E-state index contributed by atoms with van der Waals surface area (Å²) in [4.78, 5) is 2.47. The minimum absolute atomic E-state index is 0.163. The normalized spacial score (nSPS) is 15.1. The molecule has 11 aromatic rings. The number of hydrogen-bond acceptors (Lipinski definition) is 1. The molecule has 0 radical (unpaired) electrons. The van der Waals surface area contributed by atoms with Crippen molar-refractivity contribution in [3.63, 3.8) is 0 Å². The standard InChI is InChI=1S/C69H47N/c1-67(2)62-27-13-15-29-64(62)69(65-30-16-14-28-63(65)67)59-25-11-7-21-53(59)55-39-38-50(43-66(55)69)70(49-37-33-44-17-3-4-18-46(44)41-49)48-35-31-45(32-36-48)47-34-40-61-56(42-47)54-22-8-12-26-60(54)68(61)57-23-9-5-19-51(57)52-20-6-10-24-58(52)68/h3-43H,1-2H3. The second-order valence-electron chi connectivity index (χ2n) is 20.3. The molecule has 0 unspecified atom stereocenters. The first-order chi connectivity index (χ1) is 34.5. The van der Waals surface area contributed by atoms with Crippen LogP contribution >= 0.6 is 0 Å². The van der Waals surface area contributed by atoms with Crippen molar-refractivity contribution < 1.29 is 0 Å². The Morgan fingerprint density at radius 3 is 1.20 bits per heavy atom. The molecule has 11 aromatic carbocycles. The highest BCUT2D eigenvalue weighted by molar-refractivity contribution is 5.97. The zero-order valence-corrected chi connectivity index (χ0v) is 39.1. The Kier molecular flexibility index (Phi) is 8.04. The van der Waals surface area contributed by atoms with E-state index in [1.54, 1.807) is 0 Å². The Balaban J connectivity index is 0.901. The number of hydrogen-bond donors (Lipinski definition) is 0. The quantitative estimate of drug-likeness (QED) is 0.170. The third-order valence-electron chi connectivity index (χ3n) is 16.7. The van der Waals surface area contributed by atoms with Crippen LogP contribution in [0.3, 0.4) is 0 Å². The SMILES string of the molecule is CC1(C)c2ccccc2C2(c3ccccc3-c3ccc(N(c4ccc(-c5ccc6c(c5)-c5ccccc5C65c6ccccc6-c6ccccc65)cc4)c4ccc5ccccc5c4)cc32)c2ccccc21. The van der Waals surface area contributed by atoms with Gasteiger partial charge in [-0.1, -0.05) is 220 Å². The van der Waals surface area contributed by atoms with Gasteiger partial charge in [-0.3, -0.25) is 0 Å². The van der Waals surface area contributed by atoms with Crippen LogP contribution in [0.5, 0.6) is 0 Å².